The van der Waals surface area contributed by atoms with Crippen molar-refractivity contribution in [2.45, 2.75) is 5.16 Å². The lowest BCUT2D eigenvalue weighted by Crippen LogP contribution is -1.94. The van der Waals surface area contributed by atoms with Crippen LogP contribution in [-0.2, 0) is 0 Å². The Balaban J connectivity index is 2.13. The van der Waals surface area contributed by atoms with Gasteiger partial charge in [-0.25, -0.2) is 9.97 Å². The summed E-state index contributed by atoms with van der Waals surface area (Å²) in [5, 5.41) is 0.670. The minimum atomic E-state index is 0.405. The normalized spacial score (nSPS) is 10.9. The molecule has 1 aromatic carbocycles. The molecule has 0 amide bonds. The molecule has 0 spiro atoms. The van der Waals surface area contributed by atoms with Crippen molar-refractivity contribution in [2.24, 2.45) is 0 Å². The number of imidazole rings is 1. The lowest BCUT2D eigenvalue weighted by molar-refractivity contribution is 0.392. The highest BCUT2D eigenvalue weighted by Gasteiger charge is 2.08. The second-order valence-electron chi connectivity index (χ2n) is 4.14. The maximum absolute atomic E-state index is 5.65. The van der Waals surface area contributed by atoms with Crippen LogP contribution in [0.25, 0.3) is 22.3 Å². The Hall–Kier alpha value is -2.28. The van der Waals surface area contributed by atoms with Gasteiger partial charge in [-0.2, -0.15) is 4.98 Å². The molecule has 6 nitrogen and oxygen atoms in total. The number of methoxy groups -OCH3 is 1. The van der Waals surface area contributed by atoms with Crippen LogP contribution in [0, 0.1) is 0 Å². The van der Waals surface area contributed by atoms with Gasteiger partial charge in [0.25, 0.3) is 0 Å². The summed E-state index contributed by atoms with van der Waals surface area (Å²) in [6.45, 7) is 0. The highest BCUT2D eigenvalue weighted by Crippen LogP contribution is 2.26. The van der Waals surface area contributed by atoms with Crippen molar-refractivity contribution < 1.29 is 4.74 Å². The van der Waals surface area contributed by atoms with E-state index in [0.29, 0.717) is 17.0 Å². The molecule has 20 heavy (non-hydrogen) atoms. The molecule has 0 saturated carbocycles. The van der Waals surface area contributed by atoms with Gasteiger partial charge >= 0.3 is 0 Å². The first-order valence-corrected chi connectivity index (χ1v) is 7.15. The number of aromatic amines is 1. The van der Waals surface area contributed by atoms with Crippen molar-refractivity contribution >= 4 is 28.7 Å². The largest absolute Gasteiger partial charge is 0.481 e. The Labute approximate surface area is 119 Å². The number of hydrogen-bond donors (Lipinski definition) is 2. The number of rotatable bonds is 3. The Kier molecular flexibility index (Phi) is 3.19. The summed E-state index contributed by atoms with van der Waals surface area (Å²) in [6, 6.07) is 7.63. The van der Waals surface area contributed by atoms with Crippen LogP contribution in [0.5, 0.6) is 5.88 Å². The summed E-state index contributed by atoms with van der Waals surface area (Å²) in [6.07, 6.45) is 1.93. The predicted octanol–water partition coefficient (Wildman–Crippen LogP) is 2.33. The average molecular weight is 287 g/mol. The number of anilines is 1. The molecule has 2 heterocycles. The van der Waals surface area contributed by atoms with Crippen LogP contribution in [0.2, 0.25) is 0 Å². The monoisotopic (exact) mass is 287 g/mol. The fourth-order valence-electron chi connectivity index (χ4n) is 1.94. The van der Waals surface area contributed by atoms with Crippen molar-refractivity contribution in [1.82, 2.24) is 19.9 Å². The number of nitrogens with one attached hydrogen (secondary N) is 1. The van der Waals surface area contributed by atoms with E-state index >= 15 is 0 Å². The lowest BCUT2D eigenvalue weighted by atomic mass is 10.1. The molecule has 102 valence electrons. The number of aromatic nitrogens is 4. The molecule has 0 bridgehead atoms. The number of thioether (sulfide) groups is 1. The van der Waals surface area contributed by atoms with Crippen LogP contribution in [0.3, 0.4) is 0 Å². The van der Waals surface area contributed by atoms with Crippen molar-refractivity contribution in [1.29, 1.82) is 0 Å². The van der Waals surface area contributed by atoms with Crippen molar-refractivity contribution in [3.8, 4) is 17.1 Å². The molecular weight excluding hydrogens is 274 g/mol. The van der Waals surface area contributed by atoms with Crippen LogP contribution < -0.4 is 10.5 Å². The number of ether oxygens (including phenoxy) is 1. The quantitative estimate of drug-likeness (QED) is 0.567. The van der Waals surface area contributed by atoms with Gasteiger partial charge in [-0.3, -0.25) is 0 Å². The predicted molar refractivity (Wildman–Crippen MR) is 79.9 cm³/mol. The first kappa shape index (κ1) is 12.7. The molecule has 0 aliphatic carbocycles. The molecule has 3 N–H and O–H groups in total. The van der Waals surface area contributed by atoms with E-state index in [1.165, 1.54) is 11.8 Å². The van der Waals surface area contributed by atoms with Crippen LogP contribution in [0.15, 0.2) is 29.4 Å². The third-order valence-corrected chi connectivity index (χ3v) is 3.42. The van der Waals surface area contributed by atoms with E-state index < -0.39 is 0 Å². The summed E-state index contributed by atoms with van der Waals surface area (Å²) in [4.78, 5) is 15.9. The zero-order valence-corrected chi connectivity index (χ0v) is 11.9. The van der Waals surface area contributed by atoms with Gasteiger partial charge in [0.1, 0.15) is 0 Å². The van der Waals surface area contributed by atoms with E-state index in [9.17, 15) is 0 Å². The van der Waals surface area contributed by atoms with Gasteiger partial charge in [0.05, 0.1) is 23.8 Å². The van der Waals surface area contributed by atoms with Gasteiger partial charge < -0.3 is 15.5 Å². The van der Waals surface area contributed by atoms with Gasteiger partial charge in [0.15, 0.2) is 11.1 Å². The number of hydrogen-bond acceptors (Lipinski definition) is 6. The van der Waals surface area contributed by atoms with E-state index in [1.807, 2.05) is 24.5 Å². The van der Waals surface area contributed by atoms with Gasteiger partial charge in [-0.1, -0.05) is 17.8 Å². The summed E-state index contributed by atoms with van der Waals surface area (Å²) in [7, 11) is 1.59. The molecule has 7 heteroatoms. The van der Waals surface area contributed by atoms with Crippen LogP contribution in [0.1, 0.15) is 0 Å². The number of fused-ring (bicyclic) bond motifs is 1. The van der Waals surface area contributed by atoms with Crippen LogP contribution in [0.4, 0.5) is 5.95 Å². The Bertz CT molecular complexity index is 748. The van der Waals surface area contributed by atoms with Crippen molar-refractivity contribution in [2.75, 3.05) is 19.1 Å². The minimum absolute atomic E-state index is 0.405. The summed E-state index contributed by atoms with van der Waals surface area (Å²) < 4.78 is 5.21. The number of nitrogens with two attached hydrogens (primary N) is 1. The first-order chi connectivity index (χ1) is 9.69. The number of nitrogens with zero attached hydrogens (tertiary/aromatic N) is 3. The van der Waals surface area contributed by atoms with E-state index in [0.717, 1.165) is 22.3 Å². The van der Waals surface area contributed by atoms with Gasteiger partial charge in [0.2, 0.25) is 5.88 Å². The highest BCUT2D eigenvalue weighted by atomic mass is 32.2. The van der Waals surface area contributed by atoms with E-state index in [1.54, 1.807) is 13.2 Å². The number of benzene rings is 1. The Morgan fingerprint density at radius 2 is 2.05 bits per heavy atom. The standard InChI is InChI=1S/C13H13N5OS/c1-19-11-6-9(17-13(18-11)20-2)7-3-4-8-10(5-7)16-12(14)15-8/h3-6H,1-2H3,(H3,14,15,16). The summed E-state index contributed by atoms with van der Waals surface area (Å²) in [5.41, 5.74) is 9.12. The summed E-state index contributed by atoms with van der Waals surface area (Å²) >= 11 is 1.47. The van der Waals surface area contributed by atoms with Crippen LogP contribution in [-0.4, -0.2) is 33.3 Å². The van der Waals surface area contributed by atoms with Crippen LogP contribution >= 0.6 is 11.8 Å². The Morgan fingerprint density at radius 3 is 2.80 bits per heavy atom. The second kappa shape index (κ2) is 5.01. The minimum Gasteiger partial charge on any atom is -0.481 e. The molecule has 0 unspecified atom stereocenters. The van der Waals surface area contributed by atoms with Gasteiger partial charge in [0, 0.05) is 11.6 Å². The topological polar surface area (TPSA) is 89.7 Å². The Morgan fingerprint density at radius 1 is 1.20 bits per heavy atom. The fraction of sp³-hybridized carbons (Fsp3) is 0.154. The molecule has 0 aliphatic heterocycles. The molecule has 2 aromatic heterocycles. The molecule has 0 saturated heterocycles. The fourth-order valence-corrected chi connectivity index (χ4v) is 2.31. The molecule has 0 radical (unpaired) electrons. The van der Waals surface area contributed by atoms with E-state index in [-0.39, 0.29) is 0 Å². The smallest absolute Gasteiger partial charge is 0.217 e. The molecule has 0 aliphatic rings. The molecule has 0 atom stereocenters. The first-order valence-electron chi connectivity index (χ1n) is 5.92. The van der Waals surface area contributed by atoms with E-state index in [4.69, 9.17) is 10.5 Å². The maximum atomic E-state index is 5.65. The lowest BCUT2D eigenvalue weighted by Gasteiger charge is -2.06. The number of nitrogen functional groups attached to an aromatic ring is 1. The molecular formula is C13H13N5OS. The van der Waals surface area contributed by atoms with Gasteiger partial charge in [-0.05, 0) is 18.4 Å². The third kappa shape index (κ3) is 2.27. The van der Waals surface area contributed by atoms with Crippen molar-refractivity contribution in [3.05, 3.63) is 24.3 Å². The highest BCUT2D eigenvalue weighted by molar-refractivity contribution is 7.98. The maximum Gasteiger partial charge on any atom is 0.217 e. The number of H-pyrrole nitrogens is 1. The summed E-state index contributed by atoms with van der Waals surface area (Å²) in [5.74, 6) is 0.950. The zero-order chi connectivity index (χ0) is 14.1. The SMILES string of the molecule is COc1cc(-c2ccc3nc(N)[nH]c3c2)nc(SC)n1. The third-order valence-electron chi connectivity index (χ3n) is 2.87. The van der Waals surface area contributed by atoms with Gasteiger partial charge in [-0.15, -0.1) is 0 Å². The van der Waals surface area contributed by atoms with Crippen molar-refractivity contribution in [3.63, 3.8) is 0 Å². The molecule has 3 rings (SSSR count). The van der Waals surface area contributed by atoms with E-state index in [2.05, 4.69) is 19.9 Å². The zero-order valence-electron chi connectivity index (χ0n) is 11.0. The average Bonchev–Trinajstić information content (AvgIpc) is 2.85. The molecule has 3 aromatic rings. The molecule has 0 fully saturated rings. The second-order valence-corrected chi connectivity index (χ2v) is 4.91.